The summed E-state index contributed by atoms with van der Waals surface area (Å²) in [5.74, 6) is 0. The fourth-order valence-corrected chi connectivity index (χ4v) is 2.68. The van der Waals surface area contributed by atoms with E-state index in [1.807, 2.05) is 18.7 Å². The maximum absolute atomic E-state index is 5.92. The van der Waals surface area contributed by atoms with E-state index in [0.717, 1.165) is 26.1 Å². The van der Waals surface area contributed by atoms with Gasteiger partial charge in [-0.25, -0.2) is 4.98 Å². The molecule has 0 amide bonds. The quantitative estimate of drug-likeness (QED) is 0.734. The molecule has 108 valence electrons. The largest absolute Gasteiger partial charge is 0.378 e. The van der Waals surface area contributed by atoms with Gasteiger partial charge in [-0.3, -0.25) is 0 Å². The Balaban J connectivity index is 1.47. The maximum atomic E-state index is 5.92. The number of imidazole rings is 1. The fourth-order valence-electron chi connectivity index (χ4n) is 2.68. The summed E-state index contributed by atoms with van der Waals surface area (Å²) in [6, 6.07) is 0.476. The second-order valence-corrected chi connectivity index (χ2v) is 5.60. The van der Waals surface area contributed by atoms with Gasteiger partial charge in [-0.05, 0) is 32.7 Å². The molecule has 1 heterocycles. The zero-order valence-electron chi connectivity index (χ0n) is 12.1. The van der Waals surface area contributed by atoms with Gasteiger partial charge in [-0.15, -0.1) is 0 Å². The van der Waals surface area contributed by atoms with Gasteiger partial charge in [0.05, 0.1) is 12.4 Å². The van der Waals surface area contributed by atoms with E-state index in [-0.39, 0.29) is 0 Å². The van der Waals surface area contributed by atoms with Gasteiger partial charge in [0.25, 0.3) is 0 Å². The first-order valence-electron chi connectivity index (χ1n) is 7.65. The summed E-state index contributed by atoms with van der Waals surface area (Å²) in [5.41, 5.74) is 0. The molecule has 0 bridgehead atoms. The van der Waals surface area contributed by atoms with E-state index in [9.17, 15) is 0 Å². The van der Waals surface area contributed by atoms with Crippen molar-refractivity contribution in [2.24, 2.45) is 0 Å². The first kappa shape index (κ1) is 14.5. The highest BCUT2D eigenvalue weighted by Crippen LogP contribution is 2.20. The first-order valence-corrected chi connectivity index (χ1v) is 7.65. The molecule has 1 aromatic rings. The van der Waals surface area contributed by atoms with Crippen molar-refractivity contribution >= 4 is 0 Å². The van der Waals surface area contributed by atoms with Gasteiger partial charge < -0.3 is 14.6 Å². The highest BCUT2D eigenvalue weighted by molar-refractivity contribution is 4.76. The molecule has 0 aliphatic heterocycles. The lowest BCUT2D eigenvalue weighted by atomic mass is 9.98. The average Bonchev–Trinajstić information content (AvgIpc) is 2.92. The van der Waals surface area contributed by atoms with Crippen LogP contribution in [0.25, 0.3) is 0 Å². The number of ether oxygens (including phenoxy) is 1. The number of rotatable bonds is 8. The van der Waals surface area contributed by atoms with Crippen molar-refractivity contribution in [3.63, 3.8) is 0 Å². The van der Waals surface area contributed by atoms with Crippen LogP contribution in [0.2, 0.25) is 0 Å². The standard InChI is InChI=1S/C15H27N3O/c1-14(12-18-10-9-16-13-18)17-8-5-11-19-15-6-3-2-4-7-15/h9-10,13-15,17H,2-8,11-12H2,1H3/t14-/m0/s1. The van der Waals surface area contributed by atoms with Crippen LogP contribution in [0.3, 0.4) is 0 Å². The Hall–Kier alpha value is -0.870. The predicted octanol–water partition coefficient (Wildman–Crippen LogP) is 2.60. The van der Waals surface area contributed by atoms with Crippen LogP contribution in [0.15, 0.2) is 18.7 Å². The third-order valence-corrected chi connectivity index (χ3v) is 3.76. The Kier molecular flexibility index (Phi) is 6.37. The molecule has 0 spiro atoms. The highest BCUT2D eigenvalue weighted by Gasteiger charge is 2.12. The molecule has 2 rings (SSSR count). The zero-order chi connectivity index (χ0) is 13.3. The van der Waals surface area contributed by atoms with Crippen LogP contribution in [-0.2, 0) is 11.3 Å². The summed E-state index contributed by atoms with van der Waals surface area (Å²) < 4.78 is 8.02. The van der Waals surface area contributed by atoms with E-state index in [2.05, 4.69) is 21.8 Å². The van der Waals surface area contributed by atoms with E-state index < -0.39 is 0 Å². The van der Waals surface area contributed by atoms with Crippen molar-refractivity contribution in [3.05, 3.63) is 18.7 Å². The predicted molar refractivity (Wildman–Crippen MR) is 77.1 cm³/mol. The molecule has 4 heteroatoms. The summed E-state index contributed by atoms with van der Waals surface area (Å²) in [6.07, 6.45) is 14.0. The molecule has 1 saturated carbocycles. The van der Waals surface area contributed by atoms with E-state index >= 15 is 0 Å². The molecule has 19 heavy (non-hydrogen) atoms. The van der Waals surface area contributed by atoms with Crippen LogP contribution in [0.5, 0.6) is 0 Å². The molecule has 1 aliphatic rings. The third kappa shape index (κ3) is 5.74. The lowest BCUT2D eigenvalue weighted by Gasteiger charge is -2.22. The van der Waals surface area contributed by atoms with E-state index in [0.29, 0.717) is 12.1 Å². The van der Waals surface area contributed by atoms with Gasteiger partial charge in [-0.2, -0.15) is 0 Å². The Morgan fingerprint density at radius 1 is 1.37 bits per heavy atom. The number of hydrogen-bond donors (Lipinski definition) is 1. The minimum absolute atomic E-state index is 0.476. The molecule has 1 N–H and O–H groups in total. The van der Waals surface area contributed by atoms with Crippen molar-refractivity contribution in [3.8, 4) is 0 Å². The van der Waals surface area contributed by atoms with Crippen LogP contribution in [-0.4, -0.2) is 34.8 Å². The maximum Gasteiger partial charge on any atom is 0.0946 e. The average molecular weight is 265 g/mol. The van der Waals surface area contributed by atoms with Gasteiger partial charge in [0.15, 0.2) is 0 Å². The Morgan fingerprint density at radius 3 is 2.95 bits per heavy atom. The molecule has 1 aliphatic carbocycles. The van der Waals surface area contributed by atoms with Crippen LogP contribution in [0.4, 0.5) is 0 Å². The topological polar surface area (TPSA) is 39.1 Å². The van der Waals surface area contributed by atoms with Crippen molar-refractivity contribution in [2.45, 2.75) is 64.1 Å². The van der Waals surface area contributed by atoms with Gasteiger partial charge >= 0.3 is 0 Å². The molecular weight excluding hydrogens is 238 g/mol. The van der Waals surface area contributed by atoms with E-state index in [1.54, 1.807) is 0 Å². The summed E-state index contributed by atoms with van der Waals surface area (Å²) in [4.78, 5) is 4.05. The summed E-state index contributed by atoms with van der Waals surface area (Å²) >= 11 is 0. The van der Waals surface area contributed by atoms with Gasteiger partial charge in [0.2, 0.25) is 0 Å². The second kappa shape index (κ2) is 8.33. The van der Waals surface area contributed by atoms with Crippen molar-refractivity contribution in [1.29, 1.82) is 0 Å². The molecule has 0 unspecified atom stereocenters. The minimum Gasteiger partial charge on any atom is -0.378 e. The van der Waals surface area contributed by atoms with E-state index in [4.69, 9.17) is 4.74 Å². The van der Waals surface area contributed by atoms with Gasteiger partial charge in [0.1, 0.15) is 0 Å². The smallest absolute Gasteiger partial charge is 0.0946 e. The van der Waals surface area contributed by atoms with Gasteiger partial charge in [0, 0.05) is 31.6 Å². The van der Waals surface area contributed by atoms with Crippen molar-refractivity contribution < 1.29 is 4.74 Å². The number of hydrogen-bond acceptors (Lipinski definition) is 3. The number of aromatic nitrogens is 2. The molecular formula is C15H27N3O. The molecule has 0 aromatic carbocycles. The van der Waals surface area contributed by atoms with Gasteiger partial charge in [-0.1, -0.05) is 19.3 Å². The lowest BCUT2D eigenvalue weighted by Crippen LogP contribution is -2.31. The monoisotopic (exact) mass is 265 g/mol. The molecule has 1 atom stereocenters. The SMILES string of the molecule is C[C@@H](Cn1ccnc1)NCCCOC1CCCCC1. The molecule has 1 aromatic heterocycles. The Morgan fingerprint density at radius 2 is 2.21 bits per heavy atom. The van der Waals surface area contributed by atoms with E-state index in [1.165, 1.54) is 32.1 Å². The molecule has 4 nitrogen and oxygen atoms in total. The summed E-state index contributed by atoms with van der Waals surface area (Å²) in [5, 5.41) is 3.53. The van der Waals surface area contributed by atoms with Crippen LogP contribution < -0.4 is 5.32 Å². The normalized spacial score (nSPS) is 18.6. The molecule has 1 fully saturated rings. The number of nitrogens with zero attached hydrogens (tertiary/aromatic N) is 2. The summed E-state index contributed by atoms with van der Waals surface area (Å²) in [6.45, 7) is 5.11. The van der Waals surface area contributed by atoms with Crippen molar-refractivity contribution in [2.75, 3.05) is 13.2 Å². The Bertz CT molecular complexity index is 320. The van der Waals surface area contributed by atoms with Crippen LogP contribution >= 0.6 is 0 Å². The summed E-state index contributed by atoms with van der Waals surface area (Å²) in [7, 11) is 0. The van der Waals surface area contributed by atoms with Crippen LogP contribution in [0.1, 0.15) is 45.4 Å². The van der Waals surface area contributed by atoms with Crippen molar-refractivity contribution in [1.82, 2.24) is 14.9 Å². The fraction of sp³-hybridized carbons (Fsp3) is 0.800. The third-order valence-electron chi connectivity index (χ3n) is 3.76. The second-order valence-electron chi connectivity index (χ2n) is 5.60. The zero-order valence-corrected chi connectivity index (χ0v) is 12.1. The molecule has 0 saturated heterocycles. The van der Waals surface area contributed by atoms with Crippen LogP contribution in [0, 0.1) is 0 Å². The Labute approximate surface area is 116 Å². The lowest BCUT2D eigenvalue weighted by molar-refractivity contribution is 0.0271. The molecule has 0 radical (unpaired) electrons. The number of nitrogens with one attached hydrogen (secondary N) is 1. The first-order chi connectivity index (χ1) is 9.34. The minimum atomic E-state index is 0.476. The highest BCUT2D eigenvalue weighted by atomic mass is 16.5.